The molecule has 0 aliphatic rings. The lowest BCUT2D eigenvalue weighted by Gasteiger charge is -2.07. The van der Waals surface area contributed by atoms with E-state index in [2.05, 4.69) is 5.32 Å². The third kappa shape index (κ3) is 3.49. The molecule has 0 aromatic heterocycles. The van der Waals surface area contributed by atoms with Gasteiger partial charge in [-0.15, -0.1) is 0 Å². The maximum Gasteiger partial charge on any atom is 0.416 e. The zero-order valence-electron chi connectivity index (χ0n) is 7.64. The second-order valence-corrected chi connectivity index (χ2v) is 2.91. The van der Waals surface area contributed by atoms with Crippen LogP contribution in [0.2, 0.25) is 0 Å². The molecule has 15 heavy (non-hydrogen) atoms. The van der Waals surface area contributed by atoms with Gasteiger partial charge in [-0.25, -0.2) is 4.79 Å². The fraction of sp³-hybridized carbons (Fsp3) is 0.222. The lowest BCUT2D eigenvalue weighted by Crippen LogP contribution is -2.28. The number of amides is 2. The van der Waals surface area contributed by atoms with Crippen LogP contribution in [0.1, 0.15) is 11.1 Å². The van der Waals surface area contributed by atoms with Gasteiger partial charge < -0.3 is 11.1 Å². The van der Waals surface area contributed by atoms with Gasteiger partial charge in [0.25, 0.3) is 0 Å². The Morgan fingerprint density at radius 2 is 1.80 bits per heavy atom. The fourth-order valence-electron chi connectivity index (χ4n) is 1.00. The average Bonchev–Trinajstić information content (AvgIpc) is 2.14. The third-order valence-electron chi connectivity index (χ3n) is 1.75. The van der Waals surface area contributed by atoms with Crippen molar-refractivity contribution in [2.45, 2.75) is 12.7 Å². The fourth-order valence-corrected chi connectivity index (χ4v) is 1.00. The predicted octanol–water partition coefficient (Wildman–Crippen LogP) is 1.87. The van der Waals surface area contributed by atoms with Gasteiger partial charge in [0.2, 0.25) is 0 Å². The Balaban J connectivity index is 2.69. The Labute approximate surface area is 84.1 Å². The van der Waals surface area contributed by atoms with Crippen LogP contribution in [0.25, 0.3) is 0 Å². The van der Waals surface area contributed by atoms with Gasteiger partial charge in [-0.2, -0.15) is 13.2 Å². The van der Waals surface area contributed by atoms with Crippen LogP contribution < -0.4 is 11.1 Å². The van der Waals surface area contributed by atoms with Gasteiger partial charge in [0.15, 0.2) is 0 Å². The minimum Gasteiger partial charge on any atom is -0.352 e. The number of carbonyl (C=O) groups excluding carboxylic acids is 1. The zero-order valence-corrected chi connectivity index (χ0v) is 7.64. The van der Waals surface area contributed by atoms with E-state index < -0.39 is 17.8 Å². The van der Waals surface area contributed by atoms with Gasteiger partial charge in [0, 0.05) is 6.54 Å². The normalized spacial score (nSPS) is 11.1. The highest BCUT2D eigenvalue weighted by Gasteiger charge is 2.29. The molecular weight excluding hydrogens is 209 g/mol. The minimum atomic E-state index is -4.34. The molecule has 0 aliphatic carbocycles. The molecule has 82 valence electrons. The standard InChI is InChI=1S/C9H9F3N2O/c10-9(11,12)7-3-1-6(2-4-7)5-14-8(13)15/h1-4H,5H2,(H3,13,14,15). The number of alkyl halides is 3. The molecule has 0 saturated heterocycles. The van der Waals surface area contributed by atoms with E-state index in [4.69, 9.17) is 5.73 Å². The number of benzene rings is 1. The first-order chi connectivity index (χ1) is 6.89. The number of urea groups is 1. The molecule has 0 atom stereocenters. The Morgan fingerprint density at radius 1 is 1.27 bits per heavy atom. The number of hydrogen-bond acceptors (Lipinski definition) is 1. The van der Waals surface area contributed by atoms with Gasteiger partial charge in [0.1, 0.15) is 0 Å². The topological polar surface area (TPSA) is 55.1 Å². The zero-order chi connectivity index (χ0) is 11.5. The Hall–Kier alpha value is -1.72. The van der Waals surface area contributed by atoms with Crippen LogP contribution in [0.4, 0.5) is 18.0 Å². The van der Waals surface area contributed by atoms with Crippen LogP contribution in [-0.2, 0) is 12.7 Å². The second-order valence-electron chi connectivity index (χ2n) is 2.91. The highest BCUT2D eigenvalue weighted by Crippen LogP contribution is 2.28. The molecule has 0 heterocycles. The van der Waals surface area contributed by atoms with Crippen molar-refractivity contribution in [3.05, 3.63) is 35.4 Å². The number of carbonyl (C=O) groups is 1. The summed E-state index contributed by atoms with van der Waals surface area (Å²) in [5, 5.41) is 2.28. The number of nitrogens with two attached hydrogens (primary N) is 1. The molecule has 0 radical (unpaired) electrons. The summed E-state index contributed by atoms with van der Waals surface area (Å²) in [6.07, 6.45) is -4.34. The summed E-state index contributed by atoms with van der Waals surface area (Å²) >= 11 is 0. The molecular formula is C9H9F3N2O. The molecule has 1 aromatic rings. The van der Waals surface area contributed by atoms with Gasteiger partial charge in [-0.1, -0.05) is 12.1 Å². The molecule has 0 aliphatic heterocycles. The van der Waals surface area contributed by atoms with Crippen molar-refractivity contribution in [2.75, 3.05) is 0 Å². The summed E-state index contributed by atoms with van der Waals surface area (Å²) in [6.45, 7) is 0.119. The molecule has 0 spiro atoms. The summed E-state index contributed by atoms with van der Waals surface area (Å²) in [7, 11) is 0. The van der Waals surface area contributed by atoms with E-state index in [-0.39, 0.29) is 6.54 Å². The first-order valence-electron chi connectivity index (χ1n) is 4.09. The number of primary amides is 1. The van der Waals surface area contributed by atoms with E-state index in [1.165, 1.54) is 12.1 Å². The summed E-state index contributed by atoms with van der Waals surface area (Å²) in [5.41, 5.74) is 4.65. The molecule has 0 saturated carbocycles. The van der Waals surface area contributed by atoms with Crippen LogP contribution >= 0.6 is 0 Å². The molecule has 6 heteroatoms. The predicted molar refractivity (Wildman–Crippen MR) is 47.9 cm³/mol. The number of halogens is 3. The number of nitrogens with one attached hydrogen (secondary N) is 1. The van der Waals surface area contributed by atoms with Crippen molar-refractivity contribution in [2.24, 2.45) is 5.73 Å². The molecule has 2 amide bonds. The van der Waals surface area contributed by atoms with E-state index in [1.807, 2.05) is 0 Å². The quantitative estimate of drug-likeness (QED) is 0.782. The smallest absolute Gasteiger partial charge is 0.352 e. The Morgan fingerprint density at radius 3 is 2.20 bits per heavy atom. The van der Waals surface area contributed by atoms with Gasteiger partial charge in [-0.3, -0.25) is 0 Å². The van der Waals surface area contributed by atoms with Crippen molar-refractivity contribution in [1.29, 1.82) is 0 Å². The largest absolute Gasteiger partial charge is 0.416 e. The van der Waals surface area contributed by atoms with Crippen LogP contribution in [0, 0.1) is 0 Å². The first-order valence-corrected chi connectivity index (χ1v) is 4.09. The highest BCUT2D eigenvalue weighted by molar-refractivity contribution is 5.71. The van der Waals surface area contributed by atoms with Crippen molar-refractivity contribution in [3.63, 3.8) is 0 Å². The molecule has 1 rings (SSSR count). The van der Waals surface area contributed by atoms with Gasteiger partial charge in [0.05, 0.1) is 5.56 Å². The van der Waals surface area contributed by atoms with Crippen LogP contribution in [0.15, 0.2) is 24.3 Å². The lowest BCUT2D eigenvalue weighted by atomic mass is 10.1. The van der Waals surface area contributed by atoms with E-state index in [0.717, 1.165) is 12.1 Å². The van der Waals surface area contributed by atoms with Crippen molar-refractivity contribution >= 4 is 6.03 Å². The lowest BCUT2D eigenvalue weighted by molar-refractivity contribution is -0.137. The van der Waals surface area contributed by atoms with E-state index in [9.17, 15) is 18.0 Å². The SMILES string of the molecule is NC(=O)NCc1ccc(C(F)(F)F)cc1. The summed E-state index contributed by atoms with van der Waals surface area (Å²) in [5.74, 6) is 0. The van der Waals surface area contributed by atoms with E-state index >= 15 is 0 Å². The summed E-state index contributed by atoms with van der Waals surface area (Å²) < 4.78 is 36.4. The van der Waals surface area contributed by atoms with Gasteiger partial charge in [-0.05, 0) is 17.7 Å². The number of hydrogen-bond donors (Lipinski definition) is 2. The maximum absolute atomic E-state index is 12.1. The van der Waals surface area contributed by atoms with Crippen molar-refractivity contribution < 1.29 is 18.0 Å². The van der Waals surface area contributed by atoms with Crippen molar-refractivity contribution in [3.8, 4) is 0 Å². The number of rotatable bonds is 2. The molecule has 0 bridgehead atoms. The summed E-state index contributed by atoms with van der Waals surface area (Å²) in [6, 6.07) is 3.78. The minimum absolute atomic E-state index is 0.119. The van der Waals surface area contributed by atoms with E-state index in [0.29, 0.717) is 5.56 Å². The maximum atomic E-state index is 12.1. The second kappa shape index (κ2) is 4.20. The molecule has 0 fully saturated rings. The van der Waals surface area contributed by atoms with Crippen LogP contribution in [0.5, 0.6) is 0 Å². The molecule has 3 N–H and O–H groups in total. The average molecular weight is 218 g/mol. The Bertz CT molecular complexity index is 345. The monoisotopic (exact) mass is 218 g/mol. The molecule has 3 nitrogen and oxygen atoms in total. The van der Waals surface area contributed by atoms with Crippen molar-refractivity contribution in [1.82, 2.24) is 5.32 Å². The van der Waals surface area contributed by atoms with Crippen LogP contribution in [-0.4, -0.2) is 6.03 Å². The highest BCUT2D eigenvalue weighted by atomic mass is 19.4. The third-order valence-corrected chi connectivity index (χ3v) is 1.75. The van der Waals surface area contributed by atoms with E-state index in [1.54, 1.807) is 0 Å². The Kier molecular flexibility index (Phi) is 3.18. The summed E-state index contributed by atoms with van der Waals surface area (Å²) in [4.78, 5) is 10.3. The van der Waals surface area contributed by atoms with Crippen LogP contribution in [0.3, 0.4) is 0 Å². The molecule has 1 aromatic carbocycles. The molecule has 0 unspecified atom stereocenters. The first kappa shape index (κ1) is 11.4. The van der Waals surface area contributed by atoms with Gasteiger partial charge >= 0.3 is 12.2 Å².